The monoisotopic (exact) mass is 687 g/mol. The first-order valence-electron chi connectivity index (χ1n) is 11.8. The van der Waals surface area contributed by atoms with E-state index in [-0.39, 0.29) is 0 Å². The van der Waals surface area contributed by atoms with Crippen LogP contribution in [0.1, 0.15) is 0 Å². The van der Waals surface area contributed by atoms with Crippen LogP contribution in [0.25, 0.3) is 0 Å². The highest BCUT2D eigenvalue weighted by Gasteiger charge is 2.71. The third kappa shape index (κ3) is 7.75. The van der Waals surface area contributed by atoms with Crippen LogP contribution in [0.5, 0.6) is 0 Å². The fourth-order valence-corrected chi connectivity index (χ4v) is 73.9. The molecule has 0 saturated carbocycles. The fourth-order valence-electron chi connectivity index (χ4n) is 3.86. The summed E-state index contributed by atoms with van der Waals surface area (Å²) in [5.41, 5.74) is 0. The van der Waals surface area contributed by atoms with E-state index >= 15 is 0 Å². The molecule has 0 aliphatic heterocycles. The second-order valence-corrected chi connectivity index (χ2v) is 49.3. The van der Waals surface area contributed by atoms with Gasteiger partial charge in [0.2, 0.25) is 37.6 Å². The highest BCUT2D eigenvalue weighted by Crippen LogP contribution is 2.32. The van der Waals surface area contributed by atoms with Crippen molar-refractivity contribution in [3.8, 4) is 0 Å². The standard InChI is InChI=1S/C19H35O9Si10/c1-23-35(6,7)27-37(33(2)25-30-20,38(24-29,31-21)32-22)28-36(26-34(3,4)5,18-14-10-8-11-15-18)19-16-12-9-13-17-19/h8-17,20-22,33H,1-7H3. The molecule has 0 aliphatic carbocycles. The molecule has 9 radical (unpaired) electrons. The molecule has 2 aromatic rings. The summed E-state index contributed by atoms with van der Waals surface area (Å²) < 4.78 is 39.3. The Balaban J connectivity index is 3.08. The molecule has 3 N–H and O–H groups in total. The molecule has 2 atom stereocenters. The zero-order valence-electron chi connectivity index (χ0n) is 22.6. The lowest BCUT2D eigenvalue weighted by Gasteiger charge is -2.52. The first-order valence-corrected chi connectivity index (χ1v) is 33.2. The van der Waals surface area contributed by atoms with Gasteiger partial charge in [0.15, 0.2) is 8.32 Å². The third-order valence-electron chi connectivity index (χ3n) is 5.67. The lowest BCUT2D eigenvalue weighted by atomic mass is 10.4. The minimum Gasteiger partial charge on any atom is -0.457 e. The van der Waals surface area contributed by atoms with E-state index in [1.807, 2.05) is 80.3 Å². The molecule has 19 heteroatoms. The second kappa shape index (κ2) is 14.4. The molecule has 0 aromatic heterocycles. The van der Waals surface area contributed by atoms with Crippen LogP contribution in [-0.4, -0.2) is 109 Å². The molecule has 0 heterocycles. The van der Waals surface area contributed by atoms with E-state index in [1.165, 1.54) is 0 Å². The number of rotatable bonds is 16. The topological polar surface area (TPSA) is 116 Å². The van der Waals surface area contributed by atoms with Gasteiger partial charge in [0.05, 0.1) is 0 Å². The van der Waals surface area contributed by atoms with Gasteiger partial charge >= 0.3 is 34.7 Å². The highest BCUT2D eigenvalue weighted by molar-refractivity contribution is 7.83. The van der Waals surface area contributed by atoms with Gasteiger partial charge in [-0.05, 0) is 49.7 Å². The van der Waals surface area contributed by atoms with Crippen LogP contribution in [0.15, 0.2) is 60.7 Å². The minimum absolute atomic E-state index is 0.793. The number of hydrogen-bond donors (Lipinski definition) is 3. The van der Waals surface area contributed by atoms with Crippen molar-refractivity contribution in [3.63, 3.8) is 0 Å². The summed E-state index contributed by atoms with van der Waals surface area (Å²) in [6.07, 6.45) is 0. The van der Waals surface area contributed by atoms with E-state index in [0.717, 1.165) is 10.4 Å². The summed E-state index contributed by atoms with van der Waals surface area (Å²) in [6.45, 7) is 8.27. The molecule has 2 unspecified atom stereocenters. The Hall–Kier alpha value is 0.249. The van der Waals surface area contributed by atoms with Crippen LogP contribution in [0.4, 0.5) is 0 Å². The minimum atomic E-state index is -3.90. The molecule has 2 aromatic carbocycles. The number of benzene rings is 2. The van der Waals surface area contributed by atoms with Crippen molar-refractivity contribution in [2.24, 2.45) is 0 Å². The summed E-state index contributed by atoms with van der Waals surface area (Å²) in [6, 6.07) is 19.6. The Morgan fingerprint density at radius 1 is 0.763 bits per heavy atom. The number of hydrogen-bond acceptors (Lipinski definition) is 9. The molecule has 0 fully saturated rings. The van der Waals surface area contributed by atoms with Gasteiger partial charge in [0.1, 0.15) is 0 Å². The largest absolute Gasteiger partial charge is 0.457 e. The average molecular weight is 688 g/mol. The molecule has 205 valence electrons. The van der Waals surface area contributed by atoms with Crippen molar-refractivity contribution in [3.05, 3.63) is 60.7 Å². The van der Waals surface area contributed by atoms with Crippen LogP contribution in [0, 0.1) is 0 Å². The van der Waals surface area contributed by atoms with Crippen molar-refractivity contribution in [2.75, 3.05) is 7.11 Å². The van der Waals surface area contributed by atoms with E-state index in [1.54, 1.807) is 7.11 Å². The maximum atomic E-state index is 10.9. The molecule has 0 spiro atoms. The van der Waals surface area contributed by atoms with Crippen molar-refractivity contribution in [1.82, 2.24) is 0 Å². The van der Waals surface area contributed by atoms with E-state index in [4.69, 9.17) is 25.0 Å². The van der Waals surface area contributed by atoms with E-state index in [9.17, 15) is 14.4 Å². The van der Waals surface area contributed by atoms with E-state index in [2.05, 4.69) is 30.1 Å². The second-order valence-electron chi connectivity index (χ2n) is 9.90. The van der Waals surface area contributed by atoms with Gasteiger partial charge in [-0.25, -0.2) is 0 Å². The van der Waals surface area contributed by atoms with Crippen LogP contribution >= 0.6 is 0 Å². The maximum absolute atomic E-state index is 10.9. The Kier molecular flexibility index (Phi) is 13.1. The van der Waals surface area contributed by atoms with Crippen LogP contribution in [-0.2, 0) is 25.0 Å². The molecule has 0 amide bonds. The Bertz CT molecular complexity index is 934. The first-order chi connectivity index (χ1) is 17.8. The average Bonchev–Trinajstić information content (AvgIpc) is 2.89. The van der Waals surface area contributed by atoms with Crippen molar-refractivity contribution in [2.45, 2.75) is 39.3 Å². The summed E-state index contributed by atoms with van der Waals surface area (Å²) in [5, 5.41) is 1.72. The molecule has 0 bridgehead atoms. The summed E-state index contributed by atoms with van der Waals surface area (Å²) >= 11 is 0. The van der Waals surface area contributed by atoms with Gasteiger partial charge in [-0.1, -0.05) is 60.7 Å². The first kappa shape index (κ1) is 34.5. The van der Waals surface area contributed by atoms with Crippen molar-refractivity contribution >= 4 is 97.9 Å². The fraction of sp³-hybridized carbons (Fsp3) is 0.368. The van der Waals surface area contributed by atoms with Crippen molar-refractivity contribution < 1.29 is 39.4 Å². The Morgan fingerprint density at radius 3 is 1.58 bits per heavy atom. The lowest BCUT2D eigenvalue weighted by molar-refractivity contribution is 0.277. The van der Waals surface area contributed by atoms with Crippen LogP contribution < -0.4 is 10.4 Å². The zero-order valence-corrected chi connectivity index (χ0v) is 32.8. The predicted octanol–water partition coefficient (Wildman–Crippen LogP) is -0.766. The summed E-state index contributed by atoms with van der Waals surface area (Å²) in [7, 11) is -13.0. The van der Waals surface area contributed by atoms with Crippen molar-refractivity contribution in [1.29, 1.82) is 0 Å². The van der Waals surface area contributed by atoms with Gasteiger partial charge < -0.3 is 39.4 Å². The van der Waals surface area contributed by atoms with Gasteiger partial charge in [-0.15, -0.1) is 0 Å². The van der Waals surface area contributed by atoms with Gasteiger partial charge in [0.25, 0.3) is 6.87 Å². The molecular formula is C19H35O9Si10. The quantitative estimate of drug-likeness (QED) is 0.196. The van der Waals surface area contributed by atoms with E-state index < -0.39 is 77.0 Å². The zero-order chi connectivity index (χ0) is 28.7. The summed E-state index contributed by atoms with van der Waals surface area (Å²) in [4.78, 5) is 31.7. The Morgan fingerprint density at radius 2 is 1.24 bits per heavy atom. The van der Waals surface area contributed by atoms with Crippen LogP contribution in [0.3, 0.4) is 0 Å². The normalized spacial score (nSPS) is 15.8. The maximum Gasteiger partial charge on any atom is 0.418 e. The molecule has 9 nitrogen and oxygen atoms in total. The van der Waals surface area contributed by atoms with Gasteiger partial charge in [-0.2, -0.15) is 0 Å². The van der Waals surface area contributed by atoms with Crippen LogP contribution in [0.2, 0.25) is 39.3 Å². The van der Waals surface area contributed by atoms with Gasteiger partial charge in [0, 0.05) is 7.11 Å². The molecule has 0 aliphatic rings. The summed E-state index contributed by atoms with van der Waals surface area (Å²) in [5.74, 6) is 0. The van der Waals surface area contributed by atoms with E-state index in [0.29, 0.717) is 0 Å². The highest BCUT2D eigenvalue weighted by atomic mass is 30.0. The predicted molar refractivity (Wildman–Crippen MR) is 165 cm³/mol. The smallest absolute Gasteiger partial charge is 0.418 e. The SMILES string of the molecule is CO[Si](C)(C)O[Si](O[Si](O[Si](C)(C)C)(c1ccccc1)c1ccccc1)([SiH](C)O[Si]O)[Si](O[Si])([Si]O)[Si]O. The van der Waals surface area contributed by atoms with Gasteiger partial charge in [-0.3, -0.25) is 0 Å². The molecule has 0 saturated heterocycles. The molecule has 38 heavy (non-hydrogen) atoms. The lowest BCUT2D eigenvalue weighted by Crippen LogP contribution is -2.88. The molecule has 2 rings (SSSR count). The third-order valence-corrected chi connectivity index (χ3v) is 62.3. The molecular weight excluding hydrogens is 653 g/mol. The Labute approximate surface area is 243 Å².